The van der Waals surface area contributed by atoms with Crippen molar-refractivity contribution < 1.29 is 91.7 Å². The van der Waals surface area contributed by atoms with E-state index in [0.29, 0.717) is 12.0 Å². The number of hydrogen-bond donors (Lipinski definition) is 8. The predicted octanol–water partition coefficient (Wildman–Crippen LogP) is -1.14. The Labute approximate surface area is 309 Å². The van der Waals surface area contributed by atoms with Crippen LogP contribution in [-0.4, -0.2) is 86.9 Å². The molecule has 11 N–H and O–H groups in total. The van der Waals surface area contributed by atoms with Gasteiger partial charge in [-0.2, -0.15) is 0 Å². The SMILES string of the molecule is CCC(C)C1NC(=O)C(Cc2ccc(OP(=O)(O)O)cc2)NC(=O)C([NH-])CSSCC(C(N)=O)NC(=O)C(CC(N)=O)NC1=O.[Ac]. The van der Waals surface area contributed by atoms with E-state index in [9.17, 15) is 33.3 Å². The van der Waals surface area contributed by atoms with Gasteiger partial charge in [0.2, 0.25) is 35.4 Å². The smallest absolute Gasteiger partial charge is 0.524 e. The van der Waals surface area contributed by atoms with Crippen molar-refractivity contribution in [2.45, 2.75) is 63.3 Å². The van der Waals surface area contributed by atoms with Gasteiger partial charge in [-0.25, -0.2) is 4.57 Å². The van der Waals surface area contributed by atoms with Gasteiger partial charge in [-0.05, 0) is 35.4 Å². The van der Waals surface area contributed by atoms with Gasteiger partial charge >= 0.3 is 7.82 Å². The minimum atomic E-state index is -4.81. The molecular weight excluding hydrogens is 880 g/mol. The molecule has 6 amide bonds. The zero-order chi connectivity index (χ0) is 33.9. The van der Waals surface area contributed by atoms with Gasteiger partial charge in [0.1, 0.15) is 29.9 Å². The van der Waals surface area contributed by atoms with Crippen LogP contribution in [0.3, 0.4) is 0 Å². The number of rotatable bonds is 9. The van der Waals surface area contributed by atoms with E-state index in [-0.39, 0.29) is 67.7 Å². The first-order chi connectivity index (χ1) is 21.0. The molecule has 1 fully saturated rings. The monoisotopic (exact) mass is 917 g/mol. The normalized spacial score (nSPS) is 24.5. The summed E-state index contributed by atoms with van der Waals surface area (Å²) in [5.74, 6) is -5.96. The Morgan fingerprint density at radius 1 is 0.957 bits per heavy atom. The van der Waals surface area contributed by atoms with Gasteiger partial charge in [-0.1, -0.05) is 54.0 Å². The Hall–Kier alpha value is -1.91. The fraction of sp³-hybridized carbons (Fsp3) is 0.520. The van der Waals surface area contributed by atoms with Crippen LogP contribution in [-0.2, 0) is 39.8 Å². The number of nitrogens with one attached hydrogen (secondary N) is 5. The fourth-order valence-electron chi connectivity index (χ4n) is 3.94. The zero-order valence-corrected chi connectivity index (χ0v) is 32.2. The Morgan fingerprint density at radius 3 is 2.07 bits per heavy atom. The molecule has 0 bridgehead atoms. The molecule has 1 heterocycles. The molecule has 1 aromatic carbocycles. The quantitative estimate of drug-likeness (QED) is 0.108. The van der Waals surface area contributed by atoms with Crippen molar-refractivity contribution in [2.24, 2.45) is 17.4 Å². The van der Waals surface area contributed by atoms with E-state index in [0.717, 1.165) is 21.6 Å². The van der Waals surface area contributed by atoms with E-state index < -0.39 is 85.8 Å². The number of hydrogen-bond acceptors (Lipinski definition) is 10. The second-order valence-electron chi connectivity index (χ2n) is 10.2. The van der Waals surface area contributed by atoms with Crippen molar-refractivity contribution in [3.63, 3.8) is 0 Å². The van der Waals surface area contributed by atoms with Crippen LogP contribution in [0.1, 0.15) is 32.3 Å². The third-order valence-corrected chi connectivity index (χ3v) is 9.45. The van der Waals surface area contributed by atoms with Gasteiger partial charge in [0.25, 0.3) is 0 Å². The molecular formula is C25H37AcN7O10PS2-. The molecule has 6 atom stereocenters. The molecule has 0 aliphatic carbocycles. The fourth-order valence-corrected chi connectivity index (χ4v) is 6.60. The molecule has 1 radical (unpaired) electrons. The summed E-state index contributed by atoms with van der Waals surface area (Å²) in [7, 11) is -2.72. The van der Waals surface area contributed by atoms with Crippen LogP contribution in [0.5, 0.6) is 5.75 Å². The Bertz CT molecular complexity index is 1310. The molecule has 253 valence electrons. The molecule has 0 aromatic heterocycles. The topological polar surface area (TPSA) is 293 Å². The molecule has 0 saturated carbocycles. The largest absolute Gasteiger partial charge is 0.666 e. The van der Waals surface area contributed by atoms with E-state index >= 15 is 0 Å². The van der Waals surface area contributed by atoms with Crippen LogP contribution in [0.4, 0.5) is 0 Å². The van der Waals surface area contributed by atoms with Gasteiger partial charge in [-0.3, -0.25) is 38.6 Å². The minimum absolute atomic E-state index is 0. The van der Waals surface area contributed by atoms with Crippen LogP contribution >= 0.6 is 29.4 Å². The van der Waals surface area contributed by atoms with Crippen LogP contribution in [0.2, 0.25) is 0 Å². The van der Waals surface area contributed by atoms with Gasteiger partial charge in [-0.15, -0.1) is 0 Å². The maximum absolute atomic E-state index is 13.6. The van der Waals surface area contributed by atoms with Crippen LogP contribution < -0.4 is 37.3 Å². The van der Waals surface area contributed by atoms with Crippen molar-refractivity contribution in [1.82, 2.24) is 21.3 Å². The number of benzene rings is 1. The number of carbonyl (C=O) groups excluding carboxylic acids is 6. The summed E-state index contributed by atoms with van der Waals surface area (Å²) >= 11 is 0. The molecule has 46 heavy (non-hydrogen) atoms. The van der Waals surface area contributed by atoms with Gasteiger partial charge in [0.05, 0.1) is 6.42 Å². The molecule has 2 rings (SSSR count). The first-order valence-corrected chi connectivity index (χ1v) is 17.6. The predicted molar refractivity (Wildman–Crippen MR) is 166 cm³/mol. The Kier molecular flexibility index (Phi) is 18.1. The van der Waals surface area contributed by atoms with E-state index in [1.165, 1.54) is 24.3 Å². The molecule has 17 nitrogen and oxygen atoms in total. The summed E-state index contributed by atoms with van der Waals surface area (Å²) in [6.45, 7) is 3.40. The first kappa shape index (κ1) is 42.1. The summed E-state index contributed by atoms with van der Waals surface area (Å²) < 4.78 is 15.7. The van der Waals surface area contributed by atoms with Crippen molar-refractivity contribution >= 4 is 64.9 Å². The molecule has 1 aliphatic rings. The number of phosphoric ester groups is 1. The average Bonchev–Trinajstić information content (AvgIpc) is 2.95. The number of primary amides is 2. The van der Waals surface area contributed by atoms with Crippen molar-refractivity contribution in [1.29, 1.82) is 0 Å². The Morgan fingerprint density at radius 2 is 1.52 bits per heavy atom. The maximum Gasteiger partial charge on any atom is 0.524 e. The molecule has 1 aromatic rings. The first-order valence-electron chi connectivity index (χ1n) is 13.6. The van der Waals surface area contributed by atoms with Crippen LogP contribution in [0.15, 0.2) is 24.3 Å². The standard InChI is InChI=1S/C25H37N7O10PS2.Ac/c1-3-12(2)20-25(38)30-17(9-19(27)33)23(36)31-18(21(28)34)11-45-44-10-15(26)22(35)29-16(24(37)32-20)8-13-4-6-14(7-5-13)42-43(39,40)41;/h4-7,12,15-18,20,26H,3,8-11H2,1-2H3,(H2,27,33)(H2,28,34)(H,29,35)(H,30,38)(H,31,36)(H,32,37)(H2,39,40,41);/q-1;. The van der Waals surface area contributed by atoms with Crippen LogP contribution in [0, 0.1) is 50.0 Å². The third-order valence-electron chi connectivity index (χ3n) is 6.58. The number of amides is 6. The molecule has 1 aliphatic heterocycles. The summed E-state index contributed by atoms with van der Waals surface area (Å²) in [6.07, 6.45) is -0.382. The second kappa shape index (κ2) is 19.8. The van der Waals surface area contributed by atoms with Crippen molar-refractivity contribution in [3.05, 3.63) is 35.6 Å². The third kappa shape index (κ3) is 14.5. The molecule has 6 unspecified atom stereocenters. The number of nitrogens with two attached hydrogens (primary N) is 2. The second-order valence-corrected chi connectivity index (χ2v) is 13.9. The molecule has 21 heteroatoms. The number of carbonyl (C=O) groups is 6. The van der Waals surface area contributed by atoms with Crippen molar-refractivity contribution in [2.75, 3.05) is 11.5 Å². The van der Waals surface area contributed by atoms with E-state index in [4.69, 9.17) is 27.0 Å². The van der Waals surface area contributed by atoms with E-state index in [1.54, 1.807) is 13.8 Å². The summed E-state index contributed by atoms with van der Waals surface area (Å²) in [4.78, 5) is 94.8. The Balaban J connectivity index is 0.0000106. The van der Waals surface area contributed by atoms with Gasteiger partial charge < -0.3 is 43.0 Å². The average molecular weight is 918 g/mol. The van der Waals surface area contributed by atoms with E-state index in [1.807, 2.05) is 0 Å². The maximum atomic E-state index is 13.6. The minimum Gasteiger partial charge on any atom is -0.666 e. The molecule has 0 spiro atoms. The van der Waals surface area contributed by atoms with Gasteiger partial charge in [0, 0.05) is 56.2 Å². The summed E-state index contributed by atoms with van der Waals surface area (Å²) in [6, 6.07) is -1.31. The van der Waals surface area contributed by atoms with Crippen LogP contribution in [0.25, 0.3) is 5.73 Å². The molecule has 1 saturated heterocycles. The van der Waals surface area contributed by atoms with Gasteiger partial charge in [0.15, 0.2) is 0 Å². The zero-order valence-electron chi connectivity index (χ0n) is 25.0. The summed E-state index contributed by atoms with van der Waals surface area (Å²) in [5.41, 5.74) is 19.4. The van der Waals surface area contributed by atoms with E-state index in [2.05, 4.69) is 25.8 Å². The summed E-state index contributed by atoms with van der Waals surface area (Å²) in [5, 5.41) is 9.92. The van der Waals surface area contributed by atoms with Crippen molar-refractivity contribution in [3.8, 4) is 5.75 Å². The number of phosphoric acid groups is 1.